The Bertz CT molecular complexity index is 987. The van der Waals surface area contributed by atoms with E-state index in [4.69, 9.17) is 9.15 Å². The first-order chi connectivity index (χ1) is 11.9. The standard InChI is InChI=1S/C20H17FO4/c1-12-3-8-17-15(10-19(23)25-20(17)13(12)2)11-24-18(22)9-14-4-6-16(21)7-5-14/h3-8,10H,9,11H2,1-2H3. The Morgan fingerprint density at radius 2 is 1.84 bits per heavy atom. The quantitative estimate of drug-likeness (QED) is 0.535. The molecule has 3 aromatic rings. The number of fused-ring (bicyclic) bond motifs is 1. The third kappa shape index (κ3) is 3.76. The number of carbonyl (C=O) groups is 1. The fraction of sp³-hybridized carbons (Fsp3) is 0.200. The van der Waals surface area contributed by atoms with Crippen LogP contribution >= 0.6 is 0 Å². The summed E-state index contributed by atoms with van der Waals surface area (Å²) in [6.07, 6.45) is 0.0395. The molecule has 1 heterocycles. The number of aryl methyl sites for hydroxylation is 2. The van der Waals surface area contributed by atoms with Crippen molar-refractivity contribution in [2.45, 2.75) is 26.9 Å². The summed E-state index contributed by atoms with van der Waals surface area (Å²) in [4.78, 5) is 23.8. The van der Waals surface area contributed by atoms with E-state index in [0.29, 0.717) is 16.7 Å². The van der Waals surface area contributed by atoms with Crippen molar-refractivity contribution in [2.24, 2.45) is 0 Å². The highest BCUT2D eigenvalue weighted by atomic mass is 19.1. The molecule has 0 atom stereocenters. The van der Waals surface area contributed by atoms with E-state index < -0.39 is 11.6 Å². The summed E-state index contributed by atoms with van der Waals surface area (Å²) < 4.78 is 23.5. The number of halogens is 1. The zero-order valence-corrected chi connectivity index (χ0v) is 14.0. The highest BCUT2D eigenvalue weighted by Gasteiger charge is 2.12. The fourth-order valence-electron chi connectivity index (χ4n) is 2.62. The first kappa shape index (κ1) is 16.9. The third-order valence-corrected chi connectivity index (χ3v) is 4.17. The van der Waals surface area contributed by atoms with E-state index in [0.717, 1.165) is 16.5 Å². The van der Waals surface area contributed by atoms with Gasteiger partial charge in [-0.3, -0.25) is 4.79 Å². The van der Waals surface area contributed by atoms with E-state index in [1.165, 1.54) is 30.3 Å². The summed E-state index contributed by atoms with van der Waals surface area (Å²) in [6, 6.07) is 10.8. The molecule has 0 saturated heterocycles. The zero-order chi connectivity index (χ0) is 18.0. The van der Waals surface area contributed by atoms with Gasteiger partial charge < -0.3 is 9.15 Å². The van der Waals surface area contributed by atoms with Gasteiger partial charge in [-0.25, -0.2) is 9.18 Å². The van der Waals surface area contributed by atoms with Gasteiger partial charge in [0.15, 0.2) is 0 Å². The summed E-state index contributed by atoms with van der Waals surface area (Å²) in [5.74, 6) is -0.804. The van der Waals surface area contributed by atoms with Crippen molar-refractivity contribution >= 4 is 16.9 Å². The predicted octanol–water partition coefficient (Wildman–Crippen LogP) is 3.83. The van der Waals surface area contributed by atoms with Crippen molar-refractivity contribution in [3.8, 4) is 0 Å². The third-order valence-electron chi connectivity index (χ3n) is 4.17. The Hall–Kier alpha value is -2.95. The molecule has 4 nitrogen and oxygen atoms in total. The number of benzene rings is 2. The maximum absolute atomic E-state index is 12.9. The average molecular weight is 340 g/mol. The van der Waals surface area contributed by atoms with Crippen molar-refractivity contribution in [2.75, 3.05) is 0 Å². The molecular formula is C20H17FO4. The van der Waals surface area contributed by atoms with Crippen molar-refractivity contribution in [1.82, 2.24) is 0 Å². The van der Waals surface area contributed by atoms with Crippen LogP contribution in [0.1, 0.15) is 22.3 Å². The Morgan fingerprint density at radius 3 is 2.56 bits per heavy atom. The first-order valence-corrected chi connectivity index (χ1v) is 7.87. The molecule has 2 aromatic carbocycles. The lowest BCUT2D eigenvalue weighted by Gasteiger charge is -2.10. The molecule has 0 aliphatic rings. The predicted molar refractivity (Wildman–Crippen MR) is 91.9 cm³/mol. The van der Waals surface area contributed by atoms with Crippen LogP contribution < -0.4 is 5.63 Å². The second-order valence-electron chi connectivity index (χ2n) is 5.94. The molecule has 0 spiro atoms. The van der Waals surface area contributed by atoms with Crippen LogP contribution in [0.4, 0.5) is 4.39 Å². The Labute approximate surface area is 143 Å². The lowest BCUT2D eigenvalue weighted by atomic mass is 10.0. The minimum atomic E-state index is -0.481. The second kappa shape index (κ2) is 6.89. The topological polar surface area (TPSA) is 56.5 Å². The van der Waals surface area contributed by atoms with E-state index in [-0.39, 0.29) is 18.8 Å². The van der Waals surface area contributed by atoms with E-state index in [1.54, 1.807) is 0 Å². The van der Waals surface area contributed by atoms with E-state index in [2.05, 4.69) is 0 Å². The van der Waals surface area contributed by atoms with Crippen LogP contribution in [0.25, 0.3) is 11.0 Å². The fourth-order valence-corrected chi connectivity index (χ4v) is 2.62. The molecule has 5 heteroatoms. The van der Waals surface area contributed by atoms with Gasteiger partial charge in [-0.05, 0) is 42.7 Å². The Kier molecular flexibility index (Phi) is 4.65. The molecule has 0 amide bonds. The van der Waals surface area contributed by atoms with Crippen molar-refractivity contribution < 1.29 is 18.3 Å². The number of ether oxygens (including phenoxy) is 1. The average Bonchev–Trinajstić information content (AvgIpc) is 2.58. The van der Waals surface area contributed by atoms with E-state index in [1.807, 2.05) is 26.0 Å². The lowest BCUT2D eigenvalue weighted by molar-refractivity contribution is -0.144. The highest BCUT2D eigenvalue weighted by molar-refractivity contribution is 5.84. The molecule has 1 aromatic heterocycles. The van der Waals surface area contributed by atoms with Gasteiger partial charge in [-0.2, -0.15) is 0 Å². The van der Waals surface area contributed by atoms with Crippen molar-refractivity contribution in [3.63, 3.8) is 0 Å². The smallest absolute Gasteiger partial charge is 0.336 e. The van der Waals surface area contributed by atoms with Crippen molar-refractivity contribution in [1.29, 1.82) is 0 Å². The molecule has 0 radical (unpaired) electrons. The summed E-state index contributed by atoms with van der Waals surface area (Å²) in [6.45, 7) is 3.79. The molecule has 0 aliphatic heterocycles. The lowest BCUT2D eigenvalue weighted by Crippen LogP contribution is -2.10. The van der Waals surface area contributed by atoms with Crippen LogP contribution in [-0.2, 0) is 22.6 Å². The SMILES string of the molecule is Cc1ccc2c(COC(=O)Cc3ccc(F)cc3)cc(=O)oc2c1C. The maximum Gasteiger partial charge on any atom is 0.336 e. The molecule has 0 N–H and O–H groups in total. The number of esters is 1. The van der Waals surface area contributed by atoms with Crippen LogP contribution in [0.15, 0.2) is 51.7 Å². The number of hydrogen-bond donors (Lipinski definition) is 0. The maximum atomic E-state index is 12.9. The summed E-state index contributed by atoms with van der Waals surface area (Å²) in [5.41, 5.74) is 3.19. The monoisotopic (exact) mass is 340 g/mol. The Balaban J connectivity index is 1.79. The molecule has 0 aliphatic carbocycles. The summed E-state index contributed by atoms with van der Waals surface area (Å²) in [7, 11) is 0. The van der Waals surface area contributed by atoms with Crippen LogP contribution in [0.2, 0.25) is 0 Å². The number of rotatable bonds is 4. The summed E-state index contributed by atoms with van der Waals surface area (Å²) in [5, 5.41) is 0.747. The van der Waals surface area contributed by atoms with E-state index in [9.17, 15) is 14.0 Å². The Morgan fingerprint density at radius 1 is 1.12 bits per heavy atom. The van der Waals surface area contributed by atoms with Gasteiger partial charge in [0.25, 0.3) is 0 Å². The molecular weight excluding hydrogens is 323 g/mol. The molecule has 0 bridgehead atoms. The number of carbonyl (C=O) groups excluding carboxylic acids is 1. The minimum Gasteiger partial charge on any atom is -0.461 e. The van der Waals surface area contributed by atoms with Gasteiger partial charge in [-0.1, -0.05) is 24.3 Å². The van der Waals surface area contributed by atoms with Crippen LogP contribution in [0, 0.1) is 19.7 Å². The summed E-state index contributed by atoms with van der Waals surface area (Å²) >= 11 is 0. The van der Waals surface area contributed by atoms with Crippen molar-refractivity contribution in [3.05, 3.63) is 81.0 Å². The zero-order valence-electron chi connectivity index (χ0n) is 14.0. The van der Waals surface area contributed by atoms with Gasteiger partial charge in [0, 0.05) is 17.0 Å². The van der Waals surface area contributed by atoms with Crippen LogP contribution in [-0.4, -0.2) is 5.97 Å². The molecule has 25 heavy (non-hydrogen) atoms. The first-order valence-electron chi connectivity index (χ1n) is 7.87. The molecule has 0 unspecified atom stereocenters. The van der Waals surface area contributed by atoms with Gasteiger partial charge >= 0.3 is 11.6 Å². The normalized spacial score (nSPS) is 10.8. The highest BCUT2D eigenvalue weighted by Crippen LogP contribution is 2.23. The van der Waals surface area contributed by atoms with Crippen LogP contribution in [0.5, 0.6) is 0 Å². The minimum absolute atomic E-state index is 0.0232. The molecule has 3 rings (SSSR count). The van der Waals surface area contributed by atoms with Gasteiger partial charge in [0.05, 0.1) is 6.42 Å². The van der Waals surface area contributed by atoms with E-state index >= 15 is 0 Å². The van der Waals surface area contributed by atoms with Gasteiger partial charge in [0.2, 0.25) is 0 Å². The number of hydrogen-bond acceptors (Lipinski definition) is 4. The van der Waals surface area contributed by atoms with Gasteiger partial charge in [0.1, 0.15) is 18.0 Å². The largest absolute Gasteiger partial charge is 0.461 e. The molecule has 0 fully saturated rings. The van der Waals surface area contributed by atoms with Gasteiger partial charge in [-0.15, -0.1) is 0 Å². The molecule has 0 saturated carbocycles. The second-order valence-corrected chi connectivity index (χ2v) is 5.94. The molecule has 128 valence electrons. The van der Waals surface area contributed by atoms with Crippen LogP contribution in [0.3, 0.4) is 0 Å².